The van der Waals surface area contributed by atoms with Gasteiger partial charge in [0.2, 0.25) is 0 Å². The molecule has 2 rings (SSSR count). The number of rotatable bonds is 8. The Morgan fingerprint density at radius 1 is 1.03 bits per heavy atom. The second-order valence-electron chi connectivity index (χ2n) is 6.53. The lowest BCUT2D eigenvalue weighted by atomic mass is 10.1. The van der Waals surface area contributed by atoms with E-state index in [1.54, 1.807) is 33.4 Å². The first-order valence-electron chi connectivity index (χ1n) is 9.05. The molecule has 2 aromatic carbocycles. The van der Waals surface area contributed by atoms with Crippen molar-refractivity contribution in [3.05, 3.63) is 59.4 Å². The molecule has 0 aliphatic rings. The summed E-state index contributed by atoms with van der Waals surface area (Å²) in [7, 11) is 9.03. The molecule has 0 saturated carbocycles. The molecule has 0 heterocycles. The van der Waals surface area contributed by atoms with Crippen molar-refractivity contribution in [1.82, 2.24) is 15.5 Å². The van der Waals surface area contributed by atoms with E-state index < -0.39 is 0 Å². The van der Waals surface area contributed by atoms with Crippen molar-refractivity contribution < 1.29 is 13.9 Å². The quantitative estimate of drug-likeness (QED) is 0.320. The number of likely N-dealkylation sites (N-methyl/N-ethyl adjacent to an activating group) is 1. The molecule has 0 fully saturated rings. The van der Waals surface area contributed by atoms with Crippen LogP contribution < -0.4 is 20.1 Å². The van der Waals surface area contributed by atoms with Gasteiger partial charge in [0.05, 0.1) is 20.3 Å². The normalized spacial score (nSPS) is 12.2. The summed E-state index contributed by atoms with van der Waals surface area (Å²) in [6.45, 7) is 1.20. The molecule has 2 N–H and O–H groups in total. The van der Waals surface area contributed by atoms with Gasteiger partial charge in [0.1, 0.15) is 5.82 Å². The lowest BCUT2D eigenvalue weighted by Gasteiger charge is -2.26. The van der Waals surface area contributed by atoms with Crippen LogP contribution in [0.3, 0.4) is 0 Å². The van der Waals surface area contributed by atoms with Gasteiger partial charge in [-0.05, 0) is 49.5 Å². The van der Waals surface area contributed by atoms with Crippen LogP contribution in [0.2, 0.25) is 0 Å². The number of methoxy groups -OCH3 is 2. The summed E-state index contributed by atoms with van der Waals surface area (Å²) in [4.78, 5) is 6.39. The molecule has 2 aromatic rings. The van der Waals surface area contributed by atoms with Crippen LogP contribution in [-0.2, 0) is 6.54 Å². The average Bonchev–Trinajstić information content (AvgIpc) is 2.71. The molecule has 0 radical (unpaired) electrons. The van der Waals surface area contributed by atoms with E-state index >= 15 is 0 Å². The van der Waals surface area contributed by atoms with Crippen LogP contribution in [0.1, 0.15) is 17.2 Å². The number of hydrogen-bond donors (Lipinski definition) is 2. The van der Waals surface area contributed by atoms with Gasteiger partial charge in [0.15, 0.2) is 17.5 Å². The summed E-state index contributed by atoms with van der Waals surface area (Å²) in [6, 6.07) is 12.4. The number of nitrogens with zero attached hydrogens (tertiary/aromatic N) is 2. The van der Waals surface area contributed by atoms with Crippen molar-refractivity contribution in [1.29, 1.82) is 0 Å². The van der Waals surface area contributed by atoms with Gasteiger partial charge in [-0.3, -0.25) is 4.99 Å². The number of aliphatic imine (C=N–C) groups is 1. The lowest BCUT2D eigenvalue weighted by Crippen LogP contribution is -2.41. The third-order valence-electron chi connectivity index (χ3n) is 4.48. The number of halogens is 2. The first-order chi connectivity index (χ1) is 13.5. The van der Waals surface area contributed by atoms with Crippen LogP contribution in [0, 0.1) is 5.82 Å². The zero-order chi connectivity index (χ0) is 20.5. The van der Waals surface area contributed by atoms with Crippen LogP contribution in [0.4, 0.5) is 4.39 Å². The van der Waals surface area contributed by atoms with Gasteiger partial charge in [0.25, 0.3) is 0 Å². The predicted molar refractivity (Wildman–Crippen MR) is 126 cm³/mol. The molecule has 8 heteroatoms. The fraction of sp³-hybridized carbons (Fsp3) is 0.381. The summed E-state index contributed by atoms with van der Waals surface area (Å²) in [5.41, 5.74) is 2.08. The van der Waals surface area contributed by atoms with E-state index in [0.717, 1.165) is 11.1 Å². The Morgan fingerprint density at radius 3 is 2.24 bits per heavy atom. The fourth-order valence-electron chi connectivity index (χ4n) is 2.86. The number of ether oxygens (including phenoxy) is 2. The second-order valence-corrected chi connectivity index (χ2v) is 6.53. The Bertz CT molecular complexity index is 785. The first-order valence-corrected chi connectivity index (χ1v) is 9.05. The van der Waals surface area contributed by atoms with E-state index in [0.29, 0.717) is 30.5 Å². The molecule has 1 unspecified atom stereocenters. The van der Waals surface area contributed by atoms with Gasteiger partial charge in [0, 0.05) is 20.1 Å². The van der Waals surface area contributed by atoms with Crippen molar-refractivity contribution in [3.8, 4) is 11.5 Å². The molecule has 29 heavy (non-hydrogen) atoms. The van der Waals surface area contributed by atoms with Crippen molar-refractivity contribution in [2.75, 3.05) is 41.9 Å². The van der Waals surface area contributed by atoms with Gasteiger partial charge in [-0.15, -0.1) is 24.0 Å². The molecule has 160 valence electrons. The predicted octanol–water partition coefficient (Wildman–Crippen LogP) is 3.43. The molecular weight excluding hydrogens is 486 g/mol. The summed E-state index contributed by atoms with van der Waals surface area (Å²) in [6.07, 6.45) is 0. The Kier molecular flexibility index (Phi) is 10.7. The Balaban J connectivity index is 0.00000420. The maximum absolute atomic E-state index is 13.0. The Morgan fingerprint density at radius 2 is 1.69 bits per heavy atom. The molecule has 1 atom stereocenters. The maximum Gasteiger partial charge on any atom is 0.191 e. The smallest absolute Gasteiger partial charge is 0.191 e. The number of hydrogen-bond acceptors (Lipinski definition) is 4. The van der Waals surface area contributed by atoms with Crippen LogP contribution in [0.25, 0.3) is 0 Å². The van der Waals surface area contributed by atoms with Gasteiger partial charge >= 0.3 is 0 Å². The Hall–Kier alpha value is -2.07. The molecule has 0 bridgehead atoms. The van der Waals surface area contributed by atoms with Gasteiger partial charge in [-0.25, -0.2) is 4.39 Å². The Labute approximate surface area is 189 Å². The monoisotopic (exact) mass is 516 g/mol. The van der Waals surface area contributed by atoms with Crippen molar-refractivity contribution in [3.63, 3.8) is 0 Å². The van der Waals surface area contributed by atoms with Crippen molar-refractivity contribution >= 4 is 29.9 Å². The lowest BCUT2D eigenvalue weighted by molar-refractivity contribution is 0.295. The van der Waals surface area contributed by atoms with E-state index in [1.807, 2.05) is 32.3 Å². The summed E-state index contributed by atoms with van der Waals surface area (Å²) < 4.78 is 23.8. The van der Waals surface area contributed by atoms with Gasteiger partial charge in [-0.1, -0.05) is 18.2 Å². The third kappa shape index (κ3) is 7.36. The summed E-state index contributed by atoms with van der Waals surface area (Å²) >= 11 is 0. The molecule has 0 amide bonds. The summed E-state index contributed by atoms with van der Waals surface area (Å²) in [5.74, 6) is 1.84. The minimum absolute atomic E-state index is 0. The SMILES string of the molecule is CN=C(NCc1ccc(F)cc1)NCC(c1ccc(OC)c(OC)c1)N(C)C.I. The third-order valence-corrected chi connectivity index (χ3v) is 4.48. The number of guanidine groups is 1. The highest BCUT2D eigenvalue weighted by Crippen LogP contribution is 2.31. The fourth-order valence-corrected chi connectivity index (χ4v) is 2.86. The number of benzene rings is 2. The van der Waals surface area contributed by atoms with Crippen LogP contribution in [0.15, 0.2) is 47.5 Å². The van der Waals surface area contributed by atoms with E-state index in [2.05, 4.69) is 20.5 Å². The largest absolute Gasteiger partial charge is 0.493 e. The highest BCUT2D eigenvalue weighted by Gasteiger charge is 2.17. The maximum atomic E-state index is 13.0. The minimum atomic E-state index is -0.241. The van der Waals surface area contributed by atoms with E-state index in [4.69, 9.17) is 9.47 Å². The molecule has 6 nitrogen and oxygen atoms in total. The molecule has 0 spiro atoms. The highest BCUT2D eigenvalue weighted by atomic mass is 127. The zero-order valence-electron chi connectivity index (χ0n) is 17.5. The van der Waals surface area contributed by atoms with Gasteiger partial charge < -0.3 is 25.0 Å². The first kappa shape index (κ1) is 25.0. The molecular formula is C21H30FIN4O2. The topological polar surface area (TPSA) is 58.1 Å². The molecule has 0 aliphatic heterocycles. The minimum Gasteiger partial charge on any atom is -0.493 e. The molecule has 0 aliphatic carbocycles. The van der Waals surface area contributed by atoms with Crippen LogP contribution in [0.5, 0.6) is 11.5 Å². The van der Waals surface area contributed by atoms with E-state index in [9.17, 15) is 4.39 Å². The summed E-state index contributed by atoms with van der Waals surface area (Å²) in [5, 5.41) is 6.59. The highest BCUT2D eigenvalue weighted by molar-refractivity contribution is 14.0. The number of nitrogens with one attached hydrogen (secondary N) is 2. The zero-order valence-corrected chi connectivity index (χ0v) is 19.9. The standard InChI is InChI=1S/C21H29FN4O2.HI/c1-23-21(24-13-15-6-9-17(22)10-7-15)25-14-18(26(2)3)16-8-11-19(27-4)20(12-16)28-5;/h6-12,18H,13-14H2,1-5H3,(H2,23,24,25);1H. The average molecular weight is 516 g/mol. The van der Waals surface area contributed by atoms with Crippen LogP contribution in [-0.4, -0.2) is 52.8 Å². The molecule has 0 aromatic heterocycles. The second kappa shape index (κ2) is 12.5. The van der Waals surface area contributed by atoms with E-state index in [-0.39, 0.29) is 35.8 Å². The van der Waals surface area contributed by atoms with Crippen LogP contribution >= 0.6 is 24.0 Å². The van der Waals surface area contributed by atoms with E-state index in [1.165, 1.54) is 12.1 Å². The van der Waals surface area contributed by atoms with Gasteiger partial charge in [-0.2, -0.15) is 0 Å². The van der Waals surface area contributed by atoms with Crippen molar-refractivity contribution in [2.45, 2.75) is 12.6 Å². The van der Waals surface area contributed by atoms with Crippen molar-refractivity contribution in [2.24, 2.45) is 4.99 Å². The molecule has 0 saturated heterocycles.